The van der Waals surface area contributed by atoms with Gasteiger partial charge in [-0.05, 0) is 37.3 Å². The molecule has 0 radical (unpaired) electrons. The van der Waals surface area contributed by atoms with Crippen molar-refractivity contribution in [3.05, 3.63) is 69.8 Å². The van der Waals surface area contributed by atoms with Crippen LogP contribution in [0.4, 0.5) is 0 Å². The third-order valence-corrected chi connectivity index (χ3v) is 6.21. The monoisotopic (exact) mass is 498 g/mol. The molecule has 4 rings (SSSR count). The molecule has 0 aliphatic carbocycles. The molecule has 2 aromatic carbocycles. The molecule has 1 atom stereocenters. The standard InChI is InChI=1S/C22H19BrN4O3S/c1-13(21(28)27(2)12-20-24-16-5-3-4-6-19(16)31-20)30-22(29)18-11-17(25-26-18)14-7-9-15(23)10-8-14/h3-11,13H,12H2,1-2H3,(H,25,26). The first-order valence-corrected chi connectivity index (χ1v) is 11.1. The normalized spacial score (nSPS) is 12.0. The van der Waals surface area contributed by atoms with Gasteiger partial charge in [-0.3, -0.25) is 9.89 Å². The summed E-state index contributed by atoms with van der Waals surface area (Å²) in [6.45, 7) is 1.90. The van der Waals surface area contributed by atoms with E-state index in [0.29, 0.717) is 12.2 Å². The molecule has 31 heavy (non-hydrogen) atoms. The number of amides is 1. The van der Waals surface area contributed by atoms with Crippen LogP contribution in [0, 0.1) is 0 Å². The van der Waals surface area contributed by atoms with Crippen LogP contribution < -0.4 is 0 Å². The average Bonchev–Trinajstić information content (AvgIpc) is 3.40. The Kier molecular flexibility index (Phi) is 6.15. The van der Waals surface area contributed by atoms with E-state index in [0.717, 1.165) is 25.3 Å². The van der Waals surface area contributed by atoms with Gasteiger partial charge in [-0.2, -0.15) is 5.10 Å². The molecule has 2 aromatic heterocycles. The summed E-state index contributed by atoms with van der Waals surface area (Å²) in [5.41, 5.74) is 2.57. The predicted octanol–water partition coefficient (Wildman–Crippen LogP) is 4.65. The first-order valence-electron chi connectivity index (χ1n) is 9.52. The second-order valence-electron chi connectivity index (χ2n) is 6.99. The zero-order chi connectivity index (χ0) is 22.0. The number of para-hydroxylation sites is 1. The van der Waals surface area contributed by atoms with Gasteiger partial charge in [-0.15, -0.1) is 11.3 Å². The molecule has 2 heterocycles. The Morgan fingerprint density at radius 1 is 1.19 bits per heavy atom. The molecule has 1 amide bonds. The Morgan fingerprint density at radius 3 is 2.68 bits per heavy atom. The Morgan fingerprint density at radius 2 is 1.94 bits per heavy atom. The number of hydrogen-bond acceptors (Lipinski definition) is 6. The SMILES string of the molecule is CC(OC(=O)c1cc(-c2ccc(Br)cc2)n[nH]1)C(=O)N(C)Cc1nc2ccccc2s1. The fourth-order valence-corrected chi connectivity index (χ4v) is 4.33. The summed E-state index contributed by atoms with van der Waals surface area (Å²) in [5, 5.41) is 7.66. The largest absolute Gasteiger partial charge is 0.448 e. The number of ether oxygens (including phenoxy) is 1. The molecular weight excluding hydrogens is 480 g/mol. The van der Waals surface area contributed by atoms with Crippen molar-refractivity contribution in [2.75, 3.05) is 7.05 Å². The number of halogens is 1. The van der Waals surface area contributed by atoms with E-state index in [1.54, 1.807) is 20.0 Å². The van der Waals surface area contributed by atoms with Gasteiger partial charge in [0, 0.05) is 17.1 Å². The molecule has 9 heteroatoms. The van der Waals surface area contributed by atoms with Crippen LogP contribution >= 0.6 is 27.3 Å². The average molecular weight is 499 g/mol. The lowest BCUT2D eigenvalue weighted by Crippen LogP contribution is -2.37. The van der Waals surface area contributed by atoms with E-state index >= 15 is 0 Å². The third-order valence-electron chi connectivity index (χ3n) is 4.66. The van der Waals surface area contributed by atoms with E-state index in [1.807, 2.05) is 48.5 Å². The number of likely N-dealkylation sites (N-methyl/N-ethyl adjacent to an activating group) is 1. The molecule has 0 aliphatic rings. The Hall–Kier alpha value is -3.04. The highest BCUT2D eigenvalue weighted by molar-refractivity contribution is 9.10. The van der Waals surface area contributed by atoms with Gasteiger partial charge in [0.2, 0.25) is 0 Å². The van der Waals surface area contributed by atoms with Gasteiger partial charge in [-0.25, -0.2) is 9.78 Å². The van der Waals surface area contributed by atoms with E-state index in [2.05, 4.69) is 31.1 Å². The smallest absolute Gasteiger partial charge is 0.357 e. The van der Waals surface area contributed by atoms with Crippen molar-refractivity contribution in [1.82, 2.24) is 20.1 Å². The van der Waals surface area contributed by atoms with Gasteiger partial charge >= 0.3 is 5.97 Å². The number of fused-ring (bicyclic) bond motifs is 1. The topological polar surface area (TPSA) is 88.2 Å². The highest BCUT2D eigenvalue weighted by atomic mass is 79.9. The van der Waals surface area contributed by atoms with Crippen LogP contribution in [0.2, 0.25) is 0 Å². The maximum absolute atomic E-state index is 12.7. The molecule has 7 nitrogen and oxygen atoms in total. The van der Waals surface area contributed by atoms with Gasteiger partial charge in [0.1, 0.15) is 10.7 Å². The maximum atomic E-state index is 12.7. The highest BCUT2D eigenvalue weighted by Crippen LogP contribution is 2.23. The molecule has 1 unspecified atom stereocenters. The van der Waals surface area contributed by atoms with Crippen molar-refractivity contribution in [3.63, 3.8) is 0 Å². The molecule has 4 aromatic rings. The van der Waals surface area contributed by atoms with E-state index in [4.69, 9.17) is 4.74 Å². The fourth-order valence-electron chi connectivity index (χ4n) is 3.05. The molecule has 0 spiro atoms. The summed E-state index contributed by atoms with van der Waals surface area (Å²) < 4.78 is 7.38. The number of carbonyl (C=O) groups excluding carboxylic acids is 2. The van der Waals surface area contributed by atoms with Crippen molar-refractivity contribution >= 4 is 49.4 Å². The number of rotatable bonds is 6. The molecule has 1 N–H and O–H groups in total. The zero-order valence-electron chi connectivity index (χ0n) is 16.8. The van der Waals surface area contributed by atoms with Gasteiger partial charge in [0.05, 0.1) is 22.5 Å². The number of aromatic nitrogens is 3. The van der Waals surface area contributed by atoms with Crippen molar-refractivity contribution < 1.29 is 14.3 Å². The van der Waals surface area contributed by atoms with E-state index < -0.39 is 12.1 Å². The van der Waals surface area contributed by atoms with Crippen LogP contribution in [-0.4, -0.2) is 45.1 Å². The summed E-state index contributed by atoms with van der Waals surface area (Å²) in [6, 6.07) is 17.0. The molecule has 0 fully saturated rings. The number of H-pyrrole nitrogens is 1. The minimum Gasteiger partial charge on any atom is -0.448 e. The first kappa shape index (κ1) is 21.2. The quantitative estimate of drug-likeness (QED) is 0.390. The van der Waals surface area contributed by atoms with Gasteiger partial charge in [0.15, 0.2) is 6.10 Å². The summed E-state index contributed by atoms with van der Waals surface area (Å²) in [5.74, 6) is -0.939. The minimum absolute atomic E-state index is 0.186. The molecular formula is C22H19BrN4O3S. The second kappa shape index (κ2) is 8.99. The van der Waals surface area contributed by atoms with E-state index in [9.17, 15) is 9.59 Å². The van der Waals surface area contributed by atoms with Crippen molar-refractivity contribution in [3.8, 4) is 11.3 Å². The van der Waals surface area contributed by atoms with E-state index in [1.165, 1.54) is 16.2 Å². The highest BCUT2D eigenvalue weighted by Gasteiger charge is 2.24. The lowest BCUT2D eigenvalue weighted by atomic mass is 10.1. The summed E-state index contributed by atoms with van der Waals surface area (Å²) >= 11 is 4.92. The van der Waals surface area contributed by atoms with Crippen LogP contribution in [0.25, 0.3) is 21.5 Å². The van der Waals surface area contributed by atoms with Crippen LogP contribution in [0.5, 0.6) is 0 Å². The summed E-state index contributed by atoms with van der Waals surface area (Å²) in [6.07, 6.45) is -0.939. The number of nitrogens with one attached hydrogen (secondary N) is 1. The third kappa shape index (κ3) is 4.83. The predicted molar refractivity (Wildman–Crippen MR) is 123 cm³/mol. The van der Waals surface area contributed by atoms with E-state index in [-0.39, 0.29) is 11.6 Å². The Labute approximate surface area is 191 Å². The van der Waals surface area contributed by atoms with Gasteiger partial charge < -0.3 is 9.64 Å². The van der Waals surface area contributed by atoms with Crippen LogP contribution in [0.3, 0.4) is 0 Å². The first-order chi connectivity index (χ1) is 14.9. The Bertz CT molecular complexity index is 1200. The van der Waals surface area contributed by atoms with Gasteiger partial charge in [-0.1, -0.05) is 40.2 Å². The Balaban J connectivity index is 1.37. The number of benzene rings is 2. The van der Waals surface area contributed by atoms with Crippen molar-refractivity contribution in [1.29, 1.82) is 0 Å². The molecule has 0 aliphatic heterocycles. The molecule has 158 valence electrons. The van der Waals surface area contributed by atoms with Crippen LogP contribution in [0.15, 0.2) is 59.1 Å². The van der Waals surface area contributed by atoms with Crippen LogP contribution in [0.1, 0.15) is 22.4 Å². The second-order valence-corrected chi connectivity index (χ2v) is 9.02. The van der Waals surface area contributed by atoms with Crippen LogP contribution in [-0.2, 0) is 16.1 Å². The van der Waals surface area contributed by atoms with Crippen molar-refractivity contribution in [2.24, 2.45) is 0 Å². The number of thiazole rings is 1. The number of carbonyl (C=O) groups is 2. The lowest BCUT2D eigenvalue weighted by Gasteiger charge is -2.20. The summed E-state index contributed by atoms with van der Waals surface area (Å²) in [7, 11) is 1.67. The summed E-state index contributed by atoms with van der Waals surface area (Å²) in [4.78, 5) is 31.2. The van der Waals surface area contributed by atoms with Crippen molar-refractivity contribution in [2.45, 2.75) is 19.6 Å². The zero-order valence-corrected chi connectivity index (χ0v) is 19.2. The molecule has 0 saturated heterocycles. The lowest BCUT2D eigenvalue weighted by molar-refractivity contribution is -0.139. The fraction of sp³-hybridized carbons (Fsp3) is 0.182. The maximum Gasteiger partial charge on any atom is 0.357 e. The number of hydrogen-bond donors (Lipinski definition) is 1. The molecule has 0 bridgehead atoms. The number of nitrogens with zero attached hydrogens (tertiary/aromatic N) is 3. The van der Waals surface area contributed by atoms with Gasteiger partial charge in [0.25, 0.3) is 5.91 Å². The number of aromatic amines is 1. The minimum atomic E-state index is -0.939. The number of esters is 1. The molecule has 0 saturated carbocycles.